The summed E-state index contributed by atoms with van der Waals surface area (Å²) in [6.07, 6.45) is 0.314. The van der Waals surface area contributed by atoms with Gasteiger partial charge in [-0.05, 0) is 30.3 Å². The molecule has 130 valence electrons. The van der Waals surface area contributed by atoms with Crippen molar-refractivity contribution in [2.24, 2.45) is 0 Å². The molecule has 25 heavy (non-hydrogen) atoms. The fourth-order valence-corrected chi connectivity index (χ4v) is 2.08. The molecule has 0 atom stereocenters. The van der Waals surface area contributed by atoms with E-state index in [2.05, 4.69) is 10.6 Å². The van der Waals surface area contributed by atoms with E-state index in [0.29, 0.717) is 17.9 Å². The van der Waals surface area contributed by atoms with E-state index >= 15 is 0 Å². The van der Waals surface area contributed by atoms with Crippen molar-refractivity contribution in [2.45, 2.75) is 13.3 Å². The molecule has 0 radical (unpaired) electrons. The van der Waals surface area contributed by atoms with Gasteiger partial charge in [-0.25, -0.2) is 0 Å². The van der Waals surface area contributed by atoms with Crippen molar-refractivity contribution in [1.82, 2.24) is 0 Å². The first kappa shape index (κ1) is 17.9. The topological polar surface area (TPSA) is 111 Å². The van der Waals surface area contributed by atoms with Crippen LogP contribution < -0.4 is 15.4 Å². The van der Waals surface area contributed by atoms with Gasteiger partial charge in [-0.15, -0.1) is 0 Å². The Kier molecular flexibility index (Phi) is 5.67. The Morgan fingerprint density at radius 2 is 1.92 bits per heavy atom. The molecular weight excluding hydrogens is 326 g/mol. The van der Waals surface area contributed by atoms with Crippen molar-refractivity contribution in [2.75, 3.05) is 17.7 Å². The molecule has 2 N–H and O–H groups in total. The molecule has 0 aliphatic carbocycles. The van der Waals surface area contributed by atoms with Crippen LogP contribution in [0.1, 0.15) is 23.7 Å². The molecule has 0 saturated heterocycles. The van der Waals surface area contributed by atoms with Crippen LogP contribution in [0, 0.1) is 10.1 Å². The highest BCUT2D eigenvalue weighted by Gasteiger charge is 2.18. The summed E-state index contributed by atoms with van der Waals surface area (Å²) < 4.78 is 4.96. The molecule has 2 rings (SSSR count). The summed E-state index contributed by atoms with van der Waals surface area (Å²) in [6.45, 7) is 1.72. The highest BCUT2D eigenvalue weighted by atomic mass is 16.6. The van der Waals surface area contributed by atoms with Gasteiger partial charge < -0.3 is 15.4 Å². The maximum atomic E-state index is 12.4. The Bertz CT molecular complexity index is 820. The summed E-state index contributed by atoms with van der Waals surface area (Å²) in [7, 11) is 1.40. The second-order valence-corrected chi connectivity index (χ2v) is 5.08. The van der Waals surface area contributed by atoms with Gasteiger partial charge in [-0.2, -0.15) is 0 Å². The zero-order valence-electron chi connectivity index (χ0n) is 13.7. The monoisotopic (exact) mass is 343 g/mol. The number of amides is 2. The van der Waals surface area contributed by atoms with Gasteiger partial charge in [0.15, 0.2) is 0 Å². The molecule has 0 spiro atoms. The minimum Gasteiger partial charge on any atom is -0.496 e. The largest absolute Gasteiger partial charge is 0.496 e. The van der Waals surface area contributed by atoms with E-state index in [-0.39, 0.29) is 22.8 Å². The van der Waals surface area contributed by atoms with Gasteiger partial charge in [-0.3, -0.25) is 19.7 Å². The minimum atomic E-state index is -0.601. The number of carbonyl (C=O) groups excluding carboxylic acids is 2. The summed E-state index contributed by atoms with van der Waals surface area (Å²) in [5.41, 5.74) is 0.518. The van der Waals surface area contributed by atoms with Crippen molar-refractivity contribution >= 4 is 28.9 Å². The van der Waals surface area contributed by atoms with E-state index < -0.39 is 10.8 Å². The normalized spacial score (nSPS) is 10.0. The summed E-state index contributed by atoms with van der Waals surface area (Å²) in [6, 6.07) is 10.5. The second-order valence-electron chi connectivity index (χ2n) is 5.08. The van der Waals surface area contributed by atoms with Crippen LogP contribution in [0.25, 0.3) is 0 Å². The number of methoxy groups -OCH3 is 1. The van der Waals surface area contributed by atoms with Gasteiger partial charge in [0, 0.05) is 17.7 Å². The van der Waals surface area contributed by atoms with Crippen LogP contribution in [0.4, 0.5) is 17.1 Å². The number of nitrogens with zero attached hydrogens (tertiary/aromatic N) is 1. The molecule has 8 nitrogen and oxygen atoms in total. The SMILES string of the molecule is CCC(=O)Nc1cccc(C(=O)Nc2ccc(OC)cc2[N+](=O)[O-])c1. The minimum absolute atomic E-state index is 0.0544. The van der Waals surface area contributed by atoms with E-state index in [9.17, 15) is 19.7 Å². The first-order chi connectivity index (χ1) is 11.9. The molecule has 0 heterocycles. The highest BCUT2D eigenvalue weighted by molar-refractivity contribution is 6.06. The lowest BCUT2D eigenvalue weighted by Crippen LogP contribution is -2.14. The van der Waals surface area contributed by atoms with Crippen LogP contribution in [-0.2, 0) is 4.79 Å². The Morgan fingerprint density at radius 3 is 2.56 bits per heavy atom. The van der Waals surface area contributed by atoms with Crippen LogP contribution in [0.3, 0.4) is 0 Å². The van der Waals surface area contributed by atoms with E-state index in [1.165, 1.54) is 31.4 Å². The smallest absolute Gasteiger partial charge is 0.296 e. The van der Waals surface area contributed by atoms with E-state index in [4.69, 9.17) is 4.74 Å². The summed E-state index contributed by atoms with van der Waals surface area (Å²) in [4.78, 5) is 34.4. The molecule has 0 aliphatic heterocycles. The molecule has 0 aromatic heterocycles. The van der Waals surface area contributed by atoms with Gasteiger partial charge in [0.05, 0.1) is 18.1 Å². The lowest BCUT2D eigenvalue weighted by molar-refractivity contribution is -0.384. The fraction of sp³-hybridized carbons (Fsp3) is 0.176. The van der Waals surface area contributed by atoms with Crippen molar-refractivity contribution in [3.63, 3.8) is 0 Å². The third-order valence-electron chi connectivity index (χ3n) is 3.38. The average molecular weight is 343 g/mol. The predicted molar refractivity (Wildman–Crippen MR) is 93.0 cm³/mol. The number of ether oxygens (including phenoxy) is 1. The summed E-state index contributed by atoms with van der Waals surface area (Å²) >= 11 is 0. The lowest BCUT2D eigenvalue weighted by atomic mass is 10.1. The third-order valence-corrected chi connectivity index (χ3v) is 3.38. The maximum absolute atomic E-state index is 12.4. The molecule has 0 bridgehead atoms. The fourth-order valence-electron chi connectivity index (χ4n) is 2.08. The second kappa shape index (κ2) is 7.91. The summed E-state index contributed by atoms with van der Waals surface area (Å²) in [5.74, 6) is -0.391. The highest BCUT2D eigenvalue weighted by Crippen LogP contribution is 2.29. The molecule has 0 saturated carbocycles. The number of anilines is 2. The molecule has 0 aliphatic rings. The van der Waals surface area contributed by atoms with E-state index in [0.717, 1.165) is 0 Å². The van der Waals surface area contributed by atoms with Crippen molar-refractivity contribution in [3.05, 3.63) is 58.1 Å². The molecule has 2 aromatic carbocycles. The first-order valence-corrected chi connectivity index (χ1v) is 7.48. The van der Waals surface area contributed by atoms with Crippen molar-refractivity contribution in [1.29, 1.82) is 0 Å². The Balaban J connectivity index is 2.24. The van der Waals surface area contributed by atoms with Crippen molar-refractivity contribution in [3.8, 4) is 5.75 Å². The van der Waals surface area contributed by atoms with Crippen molar-refractivity contribution < 1.29 is 19.2 Å². The Morgan fingerprint density at radius 1 is 1.16 bits per heavy atom. The van der Waals surface area contributed by atoms with E-state index in [1.807, 2.05) is 0 Å². The zero-order chi connectivity index (χ0) is 18.4. The number of rotatable bonds is 6. The lowest BCUT2D eigenvalue weighted by Gasteiger charge is -2.09. The quantitative estimate of drug-likeness (QED) is 0.618. The Labute approximate surface area is 144 Å². The number of carbonyl (C=O) groups is 2. The average Bonchev–Trinajstić information content (AvgIpc) is 2.61. The third kappa shape index (κ3) is 4.54. The maximum Gasteiger partial charge on any atom is 0.296 e. The molecular formula is C17H17N3O5. The standard InChI is InChI=1S/C17H17N3O5/c1-3-16(21)18-12-6-4-5-11(9-12)17(22)19-14-8-7-13(25-2)10-15(14)20(23)24/h4-10H,3H2,1-2H3,(H,18,21)(H,19,22). The first-order valence-electron chi connectivity index (χ1n) is 7.48. The number of nitro groups is 1. The molecule has 2 aromatic rings. The van der Waals surface area contributed by atoms with Gasteiger partial charge in [-0.1, -0.05) is 13.0 Å². The molecule has 0 unspecified atom stereocenters. The van der Waals surface area contributed by atoms with Crippen LogP contribution >= 0.6 is 0 Å². The molecule has 2 amide bonds. The van der Waals surface area contributed by atoms with Crippen LogP contribution in [-0.4, -0.2) is 23.8 Å². The number of benzene rings is 2. The van der Waals surface area contributed by atoms with Crippen LogP contribution in [0.2, 0.25) is 0 Å². The molecule has 0 fully saturated rings. The van der Waals surface area contributed by atoms with Crippen LogP contribution in [0.15, 0.2) is 42.5 Å². The van der Waals surface area contributed by atoms with Crippen LogP contribution in [0.5, 0.6) is 5.75 Å². The number of hydrogen-bond donors (Lipinski definition) is 2. The predicted octanol–water partition coefficient (Wildman–Crippen LogP) is 3.20. The number of hydrogen-bond acceptors (Lipinski definition) is 5. The zero-order valence-corrected chi connectivity index (χ0v) is 13.7. The van der Waals surface area contributed by atoms with E-state index in [1.54, 1.807) is 25.1 Å². The van der Waals surface area contributed by atoms with Gasteiger partial charge in [0.2, 0.25) is 5.91 Å². The Hall–Kier alpha value is -3.42. The summed E-state index contributed by atoms with van der Waals surface area (Å²) in [5, 5.41) is 16.3. The number of nitro benzene ring substituents is 1. The molecule has 8 heteroatoms. The van der Waals surface area contributed by atoms with Gasteiger partial charge >= 0.3 is 0 Å². The number of nitrogens with one attached hydrogen (secondary N) is 2. The van der Waals surface area contributed by atoms with Gasteiger partial charge in [0.25, 0.3) is 11.6 Å². The van der Waals surface area contributed by atoms with Gasteiger partial charge in [0.1, 0.15) is 11.4 Å².